The van der Waals surface area contributed by atoms with E-state index in [-0.39, 0.29) is 36.3 Å². The highest BCUT2D eigenvalue weighted by Gasteiger charge is 2.45. The van der Waals surface area contributed by atoms with Crippen molar-refractivity contribution in [2.45, 2.75) is 83.7 Å². The Hall–Kier alpha value is -5.74. The Balaban J connectivity index is 0.907. The molecule has 302 valence electrons. The van der Waals surface area contributed by atoms with Gasteiger partial charge < -0.3 is 15.4 Å². The van der Waals surface area contributed by atoms with E-state index in [1.807, 2.05) is 30.5 Å². The Morgan fingerprint density at radius 3 is 2.38 bits per heavy atom. The van der Waals surface area contributed by atoms with Gasteiger partial charge in [0.25, 0.3) is 17.7 Å². The second kappa shape index (κ2) is 17.4. The number of hydrogen-bond acceptors (Lipinski definition) is 12. The predicted molar refractivity (Wildman–Crippen MR) is 217 cm³/mol. The summed E-state index contributed by atoms with van der Waals surface area (Å²) >= 11 is 7.56. The Labute approximate surface area is 343 Å². The topological polar surface area (TPSA) is 194 Å². The average Bonchev–Trinajstić information content (AvgIpc) is 3.80. The van der Waals surface area contributed by atoms with Gasteiger partial charge in [-0.05, 0) is 62.9 Å². The maximum atomic E-state index is 13.7. The van der Waals surface area contributed by atoms with Crippen LogP contribution in [0.4, 0.5) is 5.69 Å². The van der Waals surface area contributed by atoms with Crippen LogP contribution in [-0.4, -0.2) is 87.1 Å². The van der Waals surface area contributed by atoms with Crippen LogP contribution < -0.4 is 16.0 Å². The molecular formula is C41H43ClN8O7S. The van der Waals surface area contributed by atoms with E-state index in [1.54, 1.807) is 30.3 Å². The van der Waals surface area contributed by atoms with Crippen molar-refractivity contribution in [3.63, 3.8) is 0 Å². The zero-order chi connectivity index (χ0) is 41.1. The highest BCUT2D eigenvalue weighted by atomic mass is 35.5. The molecule has 3 aliphatic rings. The maximum absolute atomic E-state index is 13.7. The van der Waals surface area contributed by atoms with E-state index >= 15 is 0 Å². The van der Waals surface area contributed by atoms with Crippen LogP contribution >= 0.6 is 22.9 Å². The molecule has 2 aromatic carbocycles. The maximum Gasteiger partial charge on any atom is 0.308 e. The number of piperidine rings is 1. The molecule has 0 bridgehead atoms. The van der Waals surface area contributed by atoms with Gasteiger partial charge in [-0.15, -0.1) is 21.5 Å². The number of aryl methyl sites for hydroxylation is 1. The minimum atomic E-state index is -1.01. The number of aliphatic imine (C=N–C) groups is 1. The smallest absolute Gasteiger partial charge is 0.308 e. The first-order valence-corrected chi connectivity index (χ1v) is 20.5. The minimum Gasteiger partial charge on any atom is -0.469 e. The first kappa shape index (κ1) is 40.5. The fourth-order valence-corrected chi connectivity index (χ4v) is 9.01. The molecule has 0 spiro atoms. The lowest BCUT2D eigenvalue weighted by Crippen LogP contribution is -2.54. The summed E-state index contributed by atoms with van der Waals surface area (Å²) in [4.78, 5) is 83.1. The summed E-state index contributed by atoms with van der Waals surface area (Å²) < 4.78 is 6.85. The standard InChI is InChI=1S/C41H43ClN8O7S/c1-22-32-34(24-13-15-25(42)16-14-24)45-28(21-31(52)57-3)36-48-47-23(2)49(36)41(32)58-35(22)38(54)44-20-9-7-5-4-6-8-19-43-27-12-10-11-26-33(27)40(56)50(39(26)55)29-17-18-30(51)46-37(29)53/h10-16,28-29,43H,4-9,17-21H2,1-3H3,(H,44,54)(H,46,51,53)/t28-,29?/m0/s1. The second-order valence-electron chi connectivity index (χ2n) is 14.4. The SMILES string of the molecule is COC(=O)C[C@@H]1N=C(c2ccc(Cl)cc2)c2c(sc(C(=O)NCCCCCCCCNc3cccc4c3C(=O)N(C3CCC(=O)NC3=O)C4=O)c2C)-n2c(C)nnc21. The van der Waals surface area contributed by atoms with Gasteiger partial charge in [-0.3, -0.25) is 48.5 Å². The number of amides is 5. The lowest BCUT2D eigenvalue weighted by Gasteiger charge is -2.27. The van der Waals surface area contributed by atoms with Gasteiger partial charge in [0.05, 0.1) is 35.2 Å². The van der Waals surface area contributed by atoms with Crippen LogP contribution in [0, 0.1) is 13.8 Å². The third kappa shape index (κ3) is 8.03. The van der Waals surface area contributed by atoms with E-state index in [0.717, 1.165) is 65.1 Å². The number of anilines is 1. The Morgan fingerprint density at radius 2 is 1.66 bits per heavy atom. The average molecular weight is 827 g/mol. The molecule has 5 heterocycles. The van der Waals surface area contributed by atoms with Gasteiger partial charge in [-0.2, -0.15) is 0 Å². The largest absolute Gasteiger partial charge is 0.469 e. The number of thiophene rings is 1. The van der Waals surface area contributed by atoms with Crippen molar-refractivity contribution in [1.29, 1.82) is 0 Å². The minimum absolute atomic E-state index is 0.0286. The molecule has 5 amide bonds. The Bertz CT molecular complexity index is 2340. The number of rotatable bonds is 15. The normalized spacial score (nSPS) is 17.2. The number of ether oxygens (including phenoxy) is 1. The first-order valence-electron chi connectivity index (χ1n) is 19.3. The molecule has 2 atom stereocenters. The van der Waals surface area contributed by atoms with Crippen molar-refractivity contribution in [2.75, 3.05) is 25.5 Å². The number of carbonyl (C=O) groups excluding carboxylic acids is 6. The third-order valence-corrected chi connectivity index (χ3v) is 12.1. The molecule has 4 aromatic rings. The first-order chi connectivity index (χ1) is 28.0. The molecule has 15 nitrogen and oxygen atoms in total. The van der Waals surface area contributed by atoms with E-state index in [1.165, 1.54) is 18.4 Å². The zero-order valence-electron chi connectivity index (χ0n) is 32.4. The van der Waals surface area contributed by atoms with Crippen LogP contribution in [0.1, 0.15) is 123 Å². The molecule has 0 radical (unpaired) electrons. The number of esters is 1. The molecule has 0 aliphatic carbocycles. The molecule has 3 aliphatic heterocycles. The summed E-state index contributed by atoms with van der Waals surface area (Å²) in [5.41, 5.74) is 4.00. The van der Waals surface area contributed by atoms with Crippen molar-refractivity contribution in [3.05, 3.63) is 91.8 Å². The fraction of sp³-hybridized carbons (Fsp3) is 0.390. The van der Waals surface area contributed by atoms with Gasteiger partial charge in [0.1, 0.15) is 22.9 Å². The van der Waals surface area contributed by atoms with E-state index in [4.69, 9.17) is 21.3 Å². The van der Waals surface area contributed by atoms with Gasteiger partial charge in [0.15, 0.2) is 5.82 Å². The summed E-state index contributed by atoms with van der Waals surface area (Å²) in [5, 5.41) is 18.6. The van der Waals surface area contributed by atoms with E-state index in [2.05, 4.69) is 26.1 Å². The van der Waals surface area contributed by atoms with E-state index < -0.39 is 41.7 Å². The number of nitrogens with one attached hydrogen (secondary N) is 3. The Morgan fingerprint density at radius 1 is 0.931 bits per heavy atom. The van der Waals surface area contributed by atoms with Crippen LogP contribution in [0.25, 0.3) is 5.00 Å². The quantitative estimate of drug-likeness (QED) is 0.0768. The molecular weight excluding hydrogens is 784 g/mol. The molecule has 7 rings (SSSR count). The van der Waals surface area contributed by atoms with E-state index in [9.17, 15) is 28.8 Å². The van der Waals surface area contributed by atoms with Crippen LogP contribution in [-0.2, 0) is 19.1 Å². The number of imide groups is 2. The molecule has 1 saturated heterocycles. The van der Waals surface area contributed by atoms with Gasteiger partial charge in [-0.25, -0.2) is 0 Å². The number of benzene rings is 2. The molecule has 58 heavy (non-hydrogen) atoms. The zero-order valence-corrected chi connectivity index (χ0v) is 33.9. The number of fused-ring (bicyclic) bond motifs is 4. The highest BCUT2D eigenvalue weighted by molar-refractivity contribution is 7.17. The van der Waals surface area contributed by atoms with E-state index in [0.29, 0.717) is 46.0 Å². The summed E-state index contributed by atoms with van der Waals surface area (Å²) in [5.74, 6) is -1.61. The van der Waals surface area contributed by atoms with Crippen molar-refractivity contribution < 1.29 is 33.5 Å². The second-order valence-corrected chi connectivity index (χ2v) is 15.9. The lowest BCUT2D eigenvalue weighted by atomic mass is 9.99. The fourth-order valence-electron chi connectivity index (χ4n) is 7.60. The van der Waals surface area contributed by atoms with Crippen LogP contribution in [0.3, 0.4) is 0 Å². The molecule has 2 aromatic heterocycles. The summed E-state index contributed by atoms with van der Waals surface area (Å²) in [6.45, 7) is 4.85. The van der Waals surface area contributed by atoms with Crippen LogP contribution in [0.2, 0.25) is 5.02 Å². The number of unbranched alkanes of at least 4 members (excludes halogenated alkanes) is 5. The summed E-state index contributed by atoms with van der Waals surface area (Å²) in [7, 11) is 1.34. The number of nitrogens with zero attached hydrogens (tertiary/aromatic N) is 5. The highest BCUT2D eigenvalue weighted by Crippen LogP contribution is 2.40. The lowest BCUT2D eigenvalue weighted by molar-refractivity contribution is -0.141. The van der Waals surface area contributed by atoms with Crippen molar-refractivity contribution in [2.24, 2.45) is 4.99 Å². The molecule has 17 heteroatoms. The number of halogens is 1. The van der Waals surface area contributed by atoms with Gasteiger partial charge in [0, 0.05) is 41.3 Å². The van der Waals surface area contributed by atoms with Gasteiger partial charge in [0.2, 0.25) is 11.8 Å². The third-order valence-electron chi connectivity index (χ3n) is 10.6. The molecule has 1 fully saturated rings. The number of carbonyl (C=O) groups is 6. The summed E-state index contributed by atoms with van der Waals surface area (Å²) in [6.07, 6.45) is 5.67. The van der Waals surface area contributed by atoms with Crippen molar-refractivity contribution in [3.8, 4) is 5.00 Å². The van der Waals surface area contributed by atoms with Crippen LogP contribution in [0.5, 0.6) is 0 Å². The van der Waals surface area contributed by atoms with Crippen molar-refractivity contribution >= 4 is 69.8 Å². The van der Waals surface area contributed by atoms with Gasteiger partial charge >= 0.3 is 5.97 Å². The van der Waals surface area contributed by atoms with Gasteiger partial charge in [-0.1, -0.05) is 55.5 Å². The molecule has 3 N–H and O–H groups in total. The number of aromatic nitrogens is 3. The monoisotopic (exact) mass is 826 g/mol. The predicted octanol–water partition coefficient (Wildman–Crippen LogP) is 5.64. The summed E-state index contributed by atoms with van der Waals surface area (Å²) in [6, 6.07) is 10.7. The van der Waals surface area contributed by atoms with Crippen molar-refractivity contribution in [1.82, 2.24) is 30.3 Å². The molecule has 0 saturated carbocycles. The Kier molecular flexibility index (Phi) is 12.1. The molecule has 1 unspecified atom stereocenters. The van der Waals surface area contributed by atoms with Crippen LogP contribution in [0.15, 0.2) is 47.5 Å². The number of hydrogen-bond donors (Lipinski definition) is 3. The number of methoxy groups -OCH3 is 1.